The van der Waals surface area contributed by atoms with Gasteiger partial charge in [-0.3, -0.25) is 9.89 Å². The van der Waals surface area contributed by atoms with Crippen molar-refractivity contribution < 1.29 is 14.2 Å². The second-order valence-corrected chi connectivity index (χ2v) is 7.62. The Morgan fingerprint density at radius 3 is 2.83 bits per heavy atom. The van der Waals surface area contributed by atoms with Gasteiger partial charge in [0.15, 0.2) is 5.96 Å². The summed E-state index contributed by atoms with van der Waals surface area (Å²) in [7, 11) is 3.51. The summed E-state index contributed by atoms with van der Waals surface area (Å²) >= 11 is 0. The van der Waals surface area contributed by atoms with Gasteiger partial charge < -0.3 is 24.8 Å². The number of ether oxygens (including phenoxy) is 3. The molecule has 30 heavy (non-hydrogen) atoms. The van der Waals surface area contributed by atoms with Crippen LogP contribution >= 0.6 is 24.0 Å². The number of hydrogen-bond donors (Lipinski definition) is 2. The topological polar surface area (TPSA) is 67.4 Å². The highest BCUT2D eigenvalue weighted by molar-refractivity contribution is 14.0. The highest BCUT2D eigenvalue weighted by Gasteiger charge is 2.23. The van der Waals surface area contributed by atoms with Crippen molar-refractivity contribution in [1.29, 1.82) is 0 Å². The van der Waals surface area contributed by atoms with Gasteiger partial charge in [0.1, 0.15) is 5.75 Å². The lowest BCUT2D eigenvalue weighted by Gasteiger charge is -2.38. The molecule has 2 unspecified atom stereocenters. The van der Waals surface area contributed by atoms with Crippen molar-refractivity contribution in [1.82, 2.24) is 15.5 Å². The molecule has 1 aromatic carbocycles. The van der Waals surface area contributed by atoms with Crippen LogP contribution < -0.4 is 15.4 Å². The Balaban J connectivity index is 0.00000450. The van der Waals surface area contributed by atoms with Gasteiger partial charge in [-0.15, -0.1) is 24.0 Å². The molecule has 1 heterocycles. The molecular formula is C22H39IN4O3. The standard InChI is InChI=1S/C22H38N4O3.HI/c1-17-7-8-20(21(13-17)29-11-6-10-27-5)15-25-22(23-4)24-14-18(2)26-9-12-28-16-19(26)3;/h7-8,13,18-19H,6,9-12,14-16H2,1-5H3,(H2,23,24,25);1H. The fraction of sp³-hybridized carbons (Fsp3) is 0.682. The first-order valence-corrected chi connectivity index (χ1v) is 10.5. The molecule has 1 aliphatic heterocycles. The van der Waals surface area contributed by atoms with E-state index < -0.39 is 0 Å². The van der Waals surface area contributed by atoms with Crippen LogP contribution in [0.25, 0.3) is 0 Å². The number of guanidine groups is 1. The Kier molecular flexibility index (Phi) is 13.3. The molecule has 2 atom stereocenters. The summed E-state index contributed by atoms with van der Waals surface area (Å²) < 4.78 is 16.6. The highest BCUT2D eigenvalue weighted by Crippen LogP contribution is 2.20. The van der Waals surface area contributed by atoms with Gasteiger partial charge in [0.2, 0.25) is 0 Å². The maximum Gasteiger partial charge on any atom is 0.191 e. The summed E-state index contributed by atoms with van der Waals surface area (Å²) in [5, 5.41) is 6.85. The maximum absolute atomic E-state index is 5.98. The lowest BCUT2D eigenvalue weighted by atomic mass is 10.1. The fourth-order valence-electron chi connectivity index (χ4n) is 3.48. The fourth-order valence-corrected chi connectivity index (χ4v) is 3.48. The Hall–Kier alpha value is -1.10. The Labute approximate surface area is 199 Å². The molecule has 0 spiro atoms. The zero-order chi connectivity index (χ0) is 21.1. The van der Waals surface area contributed by atoms with Crippen molar-refractivity contribution in [3.05, 3.63) is 29.3 Å². The van der Waals surface area contributed by atoms with Crippen LogP contribution in [0.1, 0.15) is 31.4 Å². The van der Waals surface area contributed by atoms with Gasteiger partial charge in [0.25, 0.3) is 0 Å². The maximum atomic E-state index is 5.98. The average Bonchev–Trinajstić information content (AvgIpc) is 2.72. The third kappa shape index (κ3) is 8.95. The number of aliphatic imine (C=N–C) groups is 1. The van der Waals surface area contributed by atoms with Crippen LogP contribution in [0.15, 0.2) is 23.2 Å². The summed E-state index contributed by atoms with van der Waals surface area (Å²) in [6, 6.07) is 7.16. The van der Waals surface area contributed by atoms with Crippen LogP contribution in [0.3, 0.4) is 0 Å². The molecule has 0 aliphatic carbocycles. The van der Waals surface area contributed by atoms with Gasteiger partial charge >= 0.3 is 0 Å². The van der Waals surface area contributed by atoms with Crippen molar-refractivity contribution in [2.24, 2.45) is 4.99 Å². The van der Waals surface area contributed by atoms with Crippen LogP contribution in [0.5, 0.6) is 5.75 Å². The van der Waals surface area contributed by atoms with Crippen LogP contribution in [-0.2, 0) is 16.0 Å². The van der Waals surface area contributed by atoms with E-state index in [9.17, 15) is 0 Å². The first-order valence-electron chi connectivity index (χ1n) is 10.5. The van der Waals surface area contributed by atoms with E-state index in [0.717, 1.165) is 50.0 Å². The lowest BCUT2D eigenvalue weighted by molar-refractivity contribution is -0.0174. The van der Waals surface area contributed by atoms with Crippen molar-refractivity contribution in [3.8, 4) is 5.75 Å². The van der Waals surface area contributed by atoms with Crippen molar-refractivity contribution >= 4 is 29.9 Å². The quantitative estimate of drug-likeness (QED) is 0.208. The van der Waals surface area contributed by atoms with Gasteiger partial charge in [0, 0.05) is 64.5 Å². The molecule has 1 aromatic rings. The van der Waals surface area contributed by atoms with Gasteiger partial charge in [-0.05, 0) is 32.4 Å². The molecule has 2 N–H and O–H groups in total. The Bertz CT molecular complexity index is 645. The largest absolute Gasteiger partial charge is 0.493 e. The van der Waals surface area contributed by atoms with E-state index in [1.807, 2.05) is 0 Å². The van der Waals surface area contributed by atoms with Gasteiger partial charge in [0.05, 0.1) is 19.8 Å². The smallest absolute Gasteiger partial charge is 0.191 e. The second-order valence-electron chi connectivity index (χ2n) is 7.62. The Morgan fingerprint density at radius 1 is 1.33 bits per heavy atom. The number of nitrogens with zero attached hydrogens (tertiary/aromatic N) is 2. The summed E-state index contributed by atoms with van der Waals surface area (Å²) in [6.45, 7) is 12.0. The summed E-state index contributed by atoms with van der Waals surface area (Å²) in [4.78, 5) is 6.85. The molecule has 7 nitrogen and oxygen atoms in total. The van der Waals surface area contributed by atoms with E-state index >= 15 is 0 Å². The molecule has 0 aromatic heterocycles. The molecule has 0 amide bonds. The predicted molar refractivity (Wildman–Crippen MR) is 133 cm³/mol. The van der Waals surface area contributed by atoms with Gasteiger partial charge in [-0.25, -0.2) is 0 Å². The zero-order valence-electron chi connectivity index (χ0n) is 19.1. The minimum Gasteiger partial charge on any atom is -0.493 e. The molecule has 1 fully saturated rings. The van der Waals surface area contributed by atoms with Crippen molar-refractivity contribution in [2.45, 2.75) is 45.8 Å². The molecular weight excluding hydrogens is 495 g/mol. The predicted octanol–water partition coefficient (Wildman–Crippen LogP) is 2.80. The number of methoxy groups -OCH3 is 1. The van der Waals surface area contributed by atoms with Crippen molar-refractivity contribution in [3.63, 3.8) is 0 Å². The number of nitrogens with one attached hydrogen (secondary N) is 2. The molecule has 1 saturated heterocycles. The second kappa shape index (κ2) is 14.8. The van der Waals surface area contributed by atoms with E-state index in [1.165, 1.54) is 5.56 Å². The number of hydrogen-bond acceptors (Lipinski definition) is 5. The van der Waals surface area contributed by atoms with Crippen LogP contribution in [0.4, 0.5) is 0 Å². The number of morpholine rings is 1. The molecule has 1 aliphatic rings. The monoisotopic (exact) mass is 534 g/mol. The third-order valence-corrected chi connectivity index (χ3v) is 5.19. The normalized spacial score (nSPS) is 18.4. The number of halogens is 1. The van der Waals surface area contributed by atoms with E-state index in [2.05, 4.69) is 59.5 Å². The first kappa shape index (κ1) is 26.9. The van der Waals surface area contributed by atoms with Crippen LogP contribution in [0, 0.1) is 6.92 Å². The average molecular weight is 534 g/mol. The van der Waals surface area contributed by atoms with Crippen LogP contribution in [0.2, 0.25) is 0 Å². The highest BCUT2D eigenvalue weighted by atomic mass is 127. The lowest BCUT2D eigenvalue weighted by Crippen LogP contribution is -2.52. The van der Waals surface area contributed by atoms with E-state index in [0.29, 0.717) is 31.8 Å². The summed E-state index contributed by atoms with van der Waals surface area (Å²) in [6.07, 6.45) is 0.873. The van der Waals surface area contributed by atoms with Crippen molar-refractivity contribution in [2.75, 3.05) is 53.7 Å². The number of aryl methyl sites for hydroxylation is 1. The molecule has 0 bridgehead atoms. The Morgan fingerprint density at radius 2 is 2.13 bits per heavy atom. The van der Waals surface area contributed by atoms with Gasteiger partial charge in [-0.1, -0.05) is 12.1 Å². The van der Waals surface area contributed by atoms with E-state index in [4.69, 9.17) is 14.2 Å². The number of rotatable bonds is 10. The first-order chi connectivity index (χ1) is 14.0. The molecule has 0 radical (unpaired) electrons. The molecule has 172 valence electrons. The zero-order valence-corrected chi connectivity index (χ0v) is 21.4. The van der Waals surface area contributed by atoms with Gasteiger partial charge in [-0.2, -0.15) is 0 Å². The number of benzene rings is 1. The van der Waals surface area contributed by atoms with E-state index in [-0.39, 0.29) is 24.0 Å². The SMILES string of the molecule is CN=C(NCc1ccc(C)cc1OCCCOC)NCC(C)N1CCOCC1C.I. The minimum absolute atomic E-state index is 0. The third-order valence-electron chi connectivity index (χ3n) is 5.19. The van der Waals surface area contributed by atoms with Crippen LogP contribution in [-0.4, -0.2) is 76.6 Å². The molecule has 8 heteroatoms. The summed E-state index contributed by atoms with van der Waals surface area (Å²) in [5.74, 6) is 1.71. The molecule has 2 rings (SSSR count). The van der Waals surface area contributed by atoms with E-state index in [1.54, 1.807) is 14.2 Å². The summed E-state index contributed by atoms with van der Waals surface area (Å²) in [5.41, 5.74) is 2.30. The minimum atomic E-state index is 0. The molecule has 0 saturated carbocycles.